The Bertz CT molecular complexity index is 1340. The number of hydrogen-bond donors (Lipinski definition) is 2. The molecule has 0 aliphatic carbocycles. The third-order valence-electron chi connectivity index (χ3n) is 5.95. The quantitative estimate of drug-likeness (QED) is 0.329. The number of carbonyl (C=O) groups is 3. The van der Waals surface area contributed by atoms with Crippen molar-refractivity contribution in [1.29, 1.82) is 0 Å². The molecule has 4 amide bonds. The number of imide groups is 1. The van der Waals surface area contributed by atoms with Gasteiger partial charge in [-0.1, -0.05) is 36.4 Å². The Labute approximate surface area is 219 Å². The number of carbonyl (C=O) groups excluding carboxylic acids is 3. The van der Waals surface area contributed by atoms with Crippen molar-refractivity contribution in [2.45, 2.75) is 18.5 Å². The van der Waals surface area contributed by atoms with E-state index in [0.29, 0.717) is 33.8 Å². The molecule has 5 rings (SSSR count). The Morgan fingerprint density at radius 3 is 2.56 bits per heavy atom. The average molecular weight is 601 g/mol. The fourth-order valence-electron chi connectivity index (χ4n) is 4.20. The Balaban J connectivity index is 1.44. The normalized spacial score (nSPS) is 17.5. The molecule has 0 unspecified atom stereocenters. The van der Waals surface area contributed by atoms with E-state index in [-0.39, 0.29) is 12.1 Å². The molecule has 1 saturated heterocycles. The molecule has 184 valence electrons. The van der Waals surface area contributed by atoms with Crippen LogP contribution < -0.4 is 20.1 Å². The molecule has 0 radical (unpaired) electrons. The fraction of sp³-hybridized carbons (Fsp3) is 0.192. The number of ether oxygens (including phenoxy) is 2. The number of rotatable bonds is 6. The van der Waals surface area contributed by atoms with E-state index in [9.17, 15) is 18.8 Å². The Hall–Kier alpha value is -3.67. The van der Waals surface area contributed by atoms with E-state index in [2.05, 4.69) is 10.6 Å². The average Bonchev–Trinajstić information content (AvgIpc) is 3.18. The fourth-order valence-corrected chi connectivity index (χ4v) is 4.65. The van der Waals surface area contributed by atoms with E-state index in [1.165, 1.54) is 12.1 Å². The van der Waals surface area contributed by atoms with Gasteiger partial charge < -0.3 is 20.1 Å². The lowest BCUT2D eigenvalue weighted by atomic mass is 10.0. The van der Waals surface area contributed by atoms with Crippen molar-refractivity contribution in [3.63, 3.8) is 0 Å². The molecule has 2 aliphatic heterocycles. The van der Waals surface area contributed by atoms with E-state index in [4.69, 9.17) is 9.47 Å². The molecule has 2 atom stereocenters. The standard InChI is InChI=1S/C26H21FIN3O5/c27-18-14-17(28)7-8-19(18)29-24(32)20(12-15-4-2-1-3-5-15)31-25(33)23(30-26(31)34)16-6-9-21-22(13-16)36-11-10-35-21/h1-9,13-14,20,23H,10-12H2,(H,29,32)(H,30,34)/t20-,23+/m0/s1. The van der Waals surface area contributed by atoms with Crippen LogP contribution >= 0.6 is 22.6 Å². The van der Waals surface area contributed by atoms with Crippen LogP contribution in [-0.2, 0) is 16.0 Å². The van der Waals surface area contributed by atoms with Crippen molar-refractivity contribution >= 4 is 46.1 Å². The van der Waals surface area contributed by atoms with E-state index in [0.717, 1.165) is 10.5 Å². The van der Waals surface area contributed by atoms with Gasteiger partial charge in [0.15, 0.2) is 11.5 Å². The third kappa shape index (κ3) is 4.85. The first-order chi connectivity index (χ1) is 17.4. The molecular formula is C26H21FIN3O5. The summed E-state index contributed by atoms with van der Waals surface area (Å²) in [5.74, 6) is -0.840. The Morgan fingerprint density at radius 2 is 1.81 bits per heavy atom. The zero-order chi connectivity index (χ0) is 25.2. The predicted molar refractivity (Wildman–Crippen MR) is 137 cm³/mol. The highest BCUT2D eigenvalue weighted by atomic mass is 127. The lowest BCUT2D eigenvalue weighted by molar-refractivity contribution is -0.134. The predicted octanol–water partition coefficient (Wildman–Crippen LogP) is 4.04. The summed E-state index contributed by atoms with van der Waals surface area (Å²) in [7, 11) is 0. The molecule has 36 heavy (non-hydrogen) atoms. The molecule has 0 bridgehead atoms. The van der Waals surface area contributed by atoms with Gasteiger partial charge >= 0.3 is 6.03 Å². The molecule has 2 N–H and O–H groups in total. The van der Waals surface area contributed by atoms with Gasteiger partial charge in [-0.2, -0.15) is 0 Å². The highest BCUT2D eigenvalue weighted by Crippen LogP contribution is 2.35. The van der Waals surface area contributed by atoms with Crippen molar-refractivity contribution in [2.75, 3.05) is 18.5 Å². The van der Waals surface area contributed by atoms with Gasteiger partial charge in [-0.25, -0.2) is 14.1 Å². The molecule has 1 fully saturated rings. The van der Waals surface area contributed by atoms with Gasteiger partial charge in [-0.05, 0) is 64.0 Å². The maximum absolute atomic E-state index is 14.5. The molecule has 2 aliphatic rings. The second-order valence-electron chi connectivity index (χ2n) is 8.31. The first-order valence-electron chi connectivity index (χ1n) is 11.2. The van der Waals surface area contributed by atoms with Crippen LogP contribution in [-0.4, -0.2) is 42.0 Å². The maximum Gasteiger partial charge on any atom is 0.325 e. The Kier molecular flexibility index (Phi) is 6.77. The molecule has 0 saturated carbocycles. The van der Waals surface area contributed by atoms with Gasteiger partial charge in [0, 0.05) is 9.99 Å². The number of amides is 4. The highest BCUT2D eigenvalue weighted by molar-refractivity contribution is 14.1. The SMILES string of the molecule is O=C(Nc1ccc(I)cc1F)[C@H](Cc1ccccc1)N1C(=O)N[C@H](c2ccc3c(c2)OCCO3)C1=O. The van der Waals surface area contributed by atoms with Crippen molar-refractivity contribution in [3.05, 3.63) is 87.2 Å². The monoisotopic (exact) mass is 601 g/mol. The van der Waals surface area contributed by atoms with Crippen LogP contribution in [0.5, 0.6) is 11.5 Å². The first-order valence-corrected chi connectivity index (χ1v) is 12.3. The molecule has 10 heteroatoms. The van der Waals surface area contributed by atoms with Crippen LogP contribution in [0, 0.1) is 9.39 Å². The second-order valence-corrected chi connectivity index (χ2v) is 9.56. The van der Waals surface area contributed by atoms with Crippen LogP contribution in [0.3, 0.4) is 0 Å². The summed E-state index contributed by atoms with van der Waals surface area (Å²) >= 11 is 1.97. The maximum atomic E-state index is 14.5. The number of fused-ring (bicyclic) bond motifs is 1. The second kappa shape index (κ2) is 10.1. The molecule has 2 heterocycles. The van der Waals surface area contributed by atoms with Gasteiger partial charge in [-0.15, -0.1) is 0 Å². The van der Waals surface area contributed by atoms with Crippen LogP contribution in [0.2, 0.25) is 0 Å². The minimum Gasteiger partial charge on any atom is -0.486 e. The summed E-state index contributed by atoms with van der Waals surface area (Å²) in [4.78, 5) is 40.8. The van der Waals surface area contributed by atoms with E-state index in [1.807, 2.05) is 28.7 Å². The van der Waals surface area contributed by atoms with Crippen LogP contribution in [0.4, 0.5) is 14.9 Å². The van der Waals surface area contributed by atoms with Crippen LogP contribution in [0.25, 0.3) is 0 Å². The van der Waals surface area contributed by atoms with E-state index in [1.54, 1.807) is 48.5 Å². The van der Waals surface area contributed by atoms with Gasteiger partial charge in [0.25, 0.3) is 5.91 Å². The van der Waals surface area contributed by atoms with Gasteiger partial charge in [0.2, 0.25) is 5.91 Å². The minimum atomic E-state index is -1.21. The van der Waals surface area contributed by atoms with Gasteiger partial charge in [0.05, 0.1) is 5.69 Å². The molecular weight excluding hydrogens is 580 g/mol. The zero-order valence-electron chi connectivity index (χ0n) is 18.9. The molecule has 0 spiro atoms. The van der Waals surface area contributed by atoms with Crippen LogP contribution in [0.1, 0.15) is 17.2 Å². The van der Waals surface area contributed by atoms with Gasteiger partial charge in [0.1, 0.15) is 31.1 Å². The van der Waals surface area contributed by atoms with Crippen molar-refractivity contribution in [1.82, 2.24) is 10.2 Å². The first kappa shape index (κ1) is 24.0. The minimum absolute atomic E-state index is 0.0334. The highest BCUT2D eigenvalue weighted by Gasteiger charge is 2.45. The molecule has 0 aromatic heterocycles. The summed E-state index contributed by atoms with van der Waals surface area (Å²) in [6, 6.07) is 15.5. The van der Waals surface area contributed by atoms with Crippen molar-refractivity contribution < 1.29 is 28.2 Å². The number of nitrogens with zero attached hydrogens (tertiary/aromatic N) is 1. The number of halogens is 2. The lowest BCUT2D eigenvalue weighted by Gasteiger charge is -2.25. The smallest absolute Gasteiger partial charge is 0.325 e. The molecule has 3 aromatic carbocycles. The van der Waals surface area contributed by atoms with Crippen LogP contribution in [0.15, 0.2) is 66.7 Å². The molecule has 3 aromatic rings. The third-order valence-corrected chi connectivity index (χ3v) is 6.62. The number of hydrogen-bond acceptors (Lipinski definition) is 5. The summed E-state index contributed by atoms with van der Waals surface area (Å²) in [5.41, 5.74) is 1.21. The van der Waals surface area contributed by atoms with Crippen molar-refractivity contribution in [2.24, 2.45) is 0 Å². The van der Waals surface area contributed by atoms with Crippen molar-refractivity contribution in [3.8, 4) is 11.5 Å². The van der Waals surface area contributed by atoms with Gasteiger partial charge in [-0.3, -0.25) is 9.59 Å². The summed E-state index contributed by atoms with van der Waals surface area (Å²) < 4.78 is 26.2. The summed E-state index contributed by atoms with van der Waals surface area (Å²) in [5, 5.41) is 5.21. The zero-order valence-corrected chi connectivity index (χ0v) is 21.0. The summed E-state index contributed by atoms with van der Waals surface area (Å²) in [6.07, 6.45) is 0.0612. The Morgan fingerprint density at radius 1 is 1.06 bits per heavy atom. The summed E-state index contributed by atoms with van der Waals surface area (Å²) in [6.45, 7) is 0.804. The number of anilines is 1. The topological polar surface area (TPSA) is 97.0 Å². The van der Waals surface area contributed by atoms with E-state index >= 15 is 0 Å². The van der Waals surface area contributed by atoms with E-state index < -0.39 is 35.7 Å². The number of urea groups is 1. The largest absolute Gasteiger partial charge is 0.486 e. The molecule has 8 nitrogen and oxygen atoms in total. The number of benzene rings is 3. The lowest BCUT2D eigenvalue weighted by Crippen LogP contribution is -2.49. The number of nitrogens with one attached hydrogen (secondary N) is 2.